The van der Waals surface area contributed by atoms with Crippen LogP contribution < -0.4 is 0 Å². The Morgan fingerprint density at radius 3 is 1.38 bits per heavy atom. The Morgan fingerprint density at radius 1 is 0.382 bits per heavy atom. The molecular weight excluding hydrogens is 408 g/mol. The summed E-state index contributed by atoms with van der Waals surface area (Å²) in [6.45, 7) is 14.3. The van der Waals surface area contributed by atoms with Gasteiger partial charge < -0.3 is 0 Å². The van der Waals surface area contributed by atoms with E-state index in [1.807, 2.05) is 0 Å². The Bertz CT molecular complexity index is 1900. The van der Waals surface area contributed by atoms with Crippen LogP contribution in [0.5, 0.6) is 0 Å². The van der Waals surface area contributed by atoms with E-state index in [0.29, 0.717) is 0 Å². The first-order chi connectivity index (χ1) is 16.2. The fraction of sp³-hybridized carbons (Fsp3) is 0.235. The molecule has 0 amide bonds. The van der Waals surface area contributed by atoms with Gasteiger partial charge in [0.05, 0.1) is 0 Å². The molecule has 7 rings (SSSR count). The van der Waals surface area contributed by atoms with Crippen LogP contribution in [0.1, 0.15) is 52.7 Å². The summed E-state index contributed by atoms with van der Waals surface area (Å²) in [7, 11) is 0. The fourth-order valence-electron chi connectivity index (χ4n) is 6.71. The molecule has 0 aromatic heterocycles. The molecule has 7 aromatic rings. The van der Waals surface area contributed by atoms with Gasteiger partial charge in [-0.15, -0.1) is 0 Å². The van der Waals surface area contributed by atoms with Crippen LogP contribution in [-0.4, -0.2) is 0 Å². The van der Waals surface area contributed by atoms with Crippen LogP contribution in [0.4, 0.5) is 0 Å². The summed E-state index contributed by atoms with van der Waals surface area (Å²) in [5.41, 5.74) is 3.05. The lowest BCUT2D eigenvalue weighted by molar-refractivity contribution is 0.535. The third kappa shape index (κ3) is 2.34. The molecule has 7 aromatic carbocycles. The Labute approximate surface area is 200 Å². The first-order valence-electron chi connectivity index (χ1n) is 12.5. The molecule has 166 valence electrons. The number of hydrogen-bond donors (Lipinski definition) is 0. The number of fused-ring (bicyclic) bond motifs is 8. The Kier molecular flexibility index (Phi) is 3.65. The Hall–Kier alpha value is -3.38. The maximum atomic E-state index is 2.53. The van der Waals surface area contributed by atoms with Crippen LogP contribution in [0, 0.1) is 0 Å². The Balaban J connectivity index is 1.99. The monoisotopic (exact) mass is 438 g/mol. The smallest absolute Gasteiger partial charge is 0.00105 e. The standard InChI is InChI=1S/C34H30/c1-33(2,3)26-18-25-20-13-8-9-14-21(20)28-24-17-11-16-22-19-12-7-10-15-23(19)29(27(22)24)31(30(25)28)32(26)34(4,5)6/h7-18H,1-6H3. The lowest BCUT2D eigenvalue weighted by atomic mass is 9.72. The summed E-state index contributed by atoms with van der Waals surface area (Å²) < 4.78 is 0. The number of rotatable bonds is 0. The van der Waals surface area contributed by atoms with Gasteiger partial charge in [0.15, 0.2) is 0 Å². The van der Waals surface area contributed by atoms with E-state index in [9.17, 15) is 0 Å². The van der Waals surface area contributed by atoms with E-state index in [0.717, 1.165) is 0 Å². The molecule has 0 N–H and O–H groups in total. The van der Waals surface area contributed by atoms with Crippen LogP contribution in [-0.2, 0) is 10.8 Å². The summed E-state index contributed by atoms with van der Waals surface area (Å²) in [4.78, 5) is 0. The van der Waals surface area contributed by atoms with Crippen molar-refractivity contribution in [3.8, 4) is 0 Å². The van der Waals surface area contributed by atoms with Gasteiger partial charge in [-0.25, -0.2) is 0 Å². The van der Waals surface area contributed by atoms with Crippen LogP contribution in [0.15, 0.2) is 72.8 Å². The van der Waals surface area contributed by atoms with Gasteiger partial charge in [-0.05, 0) is 92.7 Å². The van der Waals surface area contributed by atoms with Crippen LogP contribution in [0.3, 0.4) is 0 Å². The van der Waals surface area contributed by atoms with Crippen molar-refractivity contribution < 1.29 is 0 Å². The van der Waals surface area contributed by atoms with Crippen molar-refractivity contribution in [2.24, 2.45) is 0 Å². The van der Waals surface area contributed by atoms with Gasteiger partial charge in [0, 0.05) is 0 Å². The van der Waals surface area contributed by atoms with E-state index in [4.69, 9.17) is 0 Å². The van der Waals surface area contributed by atoms with Crippen LogP contribution >= 0.6 is 0 Å². The summed E-state index contributed by atoms with van der Waals surface area (Å²) in [6.07, 6.45) is 0. The van der Waals surface area contributed by atoms with Crippen molar-refractivity contribution in [1.29, 1.82) is 0 Å². The molecule has 0 radical (unpaired) electrons. The average Bonchev–Trinajstić information content (AvgIpc) is 3.30. The van der Waals surface area contributed by atoms with Gasteiger partial charge in [0.1, 0.15) is 0 Å². The van der Waals surface area contributed by atoms with Crippen molar-refractivity contribution in [3.05, 3.63) is 83.9 Å². The topological polar surface area (TPSA) is 0 Å². The minimum Gasteiger partial charge on any atom is -0.0616 e. The molecule has 0 atom stereocenters. The molecule has 34 heavy (non-hydrogen) atoms. The van der Waals surface area contributed by atoms with E-state index in [2.05, 4.69) is 114 Å². The molecule has 0 saturated heterocycles. The fourth-order valence-corrected chi connectivity index (χ4v) is 6.71. The van der Waals surface area contributed by atoms with Crippen LogP contribution in [0.2, 0.25) is 0 Å². The third-order valence-corrected chi connectivity index (χ3v) is 7.94. The molecule has 0 aliphatic carbocycles. The van der Waals surface area contributed by atoms with Gasteiger partial charge in [-0.3, -0.25) is 0 Å². The van der Waals surface area contributed by atoms with Crippen molar-refractivity contribution in [2.75, 3.05) is 0 Å². The van der Waals surface area contributed by atoms with E-state index in [1.54, 1.807) is 0 Å². The molecule has 0 saturated carbocycles. The van der Waals surface area contributed by atoms with E-state index >= 15 is 0 Å². The number of hydrogen-bond acceptors (Lipinski definition) is 0. The Morgan fingerprint density at radius 2 is 0.824 bits per heavy atom. The van der Waals surface area contributed by atoms with E-state index in [1.165, 1.54) is 75.8 Å². The first kappa shape index (κ1) is 20.0. The zero-order chi connectivity index (χ0) is 23.6. The molecule has 0 bridgehead atoms. The summed E-state index contributed by atoms with van der Waals surface area (Å²) >= 11 is 0. The molecule has 0 fully saturated rings. The summed E-state index contributed by atoms with van der Waals surface area (Å²) in [6, 6.07) is 27.5. The van der Waals surface area contributed by atoms with Crippen molar-refractivity contribution in [3.63, 3.8) is 0 Å². The lowest BCUT2D eigenvalue weighted by Crippen LogP contribution is -2.22. The van der Waals surface area contributed by atoms with E-state index < -0.39 is 0 Å². The highest BCUT2D eigenvalue weighted by Crippen LogP contribution is 2.54. The highest BCUT2D eigenvalue weighted by atomic mass is 14.4. The van der Waals surface area contributed by atoms with Crippen molar-refractivity contribution in [2.45, 2.75) is 52.4 Å². The zero-order valence-corrected chi connectivity index (χ0v) is 20.9. The summed E-state index contributed by atoms with van der Waals surface area (Å²) in [5, 5.41) is 17.0. The summed E-state index contributed by atoms with van der Waals surface area (Å²) in [5.74, 6) is 0. The van der Waals surface area contributed by atoms with Crippen molar-refractivity contribution in [1.82, 2.24) is 0 Å². The molecule has 0 unspecified atom stereocenters. The van der Waals surface area contributed by atoms with Gasteiger partial charge >= 0.3 is 0 Å². The zero-order valence-electron chi connectivity index (χ0n) is 20.9. The number of benzene rings is 5. The minimum atomic E-state index is 0.0177. The second kappa shape index (κ2) is 6.19. The van der Waals surface area contributed by atoms with Gasteiger partial charge in [0.25, 0.3) is 0 Å². The molecule has 0 aliphatic heterocycles. The highest BCUT2D eigenvalue weighted by Gasteiger charge is 2.32. The maximum Gasteiger partial charge on any atom is -0.00105 e. The van der Waals surface area contributed by atoms with Gasteiger partial charge in [-0.2, -0.15) is 0 Å². The predicted octanol–water partition coefficient (Wildman–Crippen LogP) is 10.1. The minimum absolute atomic E-state index is 0.0177. The second-order valence-electron chi connectivity index (χ2n) is 12.2. The van der Waals surface area contributed by atoms with Crippen molar-refractivity contribution >= 4 is 64.6 Å². The lowest BCUT2D eigenvalue weighted by Gasteiger charge is -2.32. The predicted molar refractivity (Wildman–Crippen MR) is 151 cm³/mol. The quantitative estimate of drug-likeness (QED) is 0.207. The first-order valence-corrected chi connectivity index (χ1v) is 12.5. The SMILES string of the molecule is CC(C)(C)c1cc2c3ccccc3c3c4cccc5c6ccccc6c(c(c1C(C)(C)C)c23)c54. The maximum absolute atomic E-state index is 2.53. The normalized spacial score (nSPS) is 13.6. The molecule has 0 spiro atoms. The second-order valence-corrected chi connectivity index (χ2v) is 12.2. The third-order valence-electron chi connectivity index (χ3n) is 7.94. The molecule has 0 aliphatic rings. The van der Waals surface area contributed by atoms with Crippen LogP contribution in [0.25, 0.3) is 64.6 Å². The highest BCUT2D eigenvalue weighted by molar-refractivity contribution is 6.48. The average molecular weight is 439 g/mol. The largest absolute Gasteiger partial charge is 0.0616 e. The molecule has 0 heteroatoms. The van der Waals surface area contributed by atoms with Gasteiger partial charge in [-0.1, -0.05) is 108 Å². The molecule has 0 heterocycles. The molecule has 0 nitrogen and oxygen atoms in total. The van der Waals surface area contributed by atoms with Gasteiger partial charge in [0.2, 0.25) is 0 Å². The molecular formula is C34H30. The van der Waals surface area contributed by atoms with E-state index in [-0.39, 0.29) is 10.8 Å².